The lowest BCUT2D eigenvalue weighted by molar-refractivity contribution is -0.123. The molecule has 2 aromatic rings. The summed E-state index contributed by atoms with van der Waals surface area (Å²) in [6, 6.07) is 19.1. The zero-order valence-electron chi connectivity index (χ0n) is 14.2. The number of rotatable bonds is 7. The second kappa shape index (κ2) is 10.1. The maximum absolute atomic E-state index is 12.2. The molecule has 2 unspecified atom stereocenters. The molecule has 24 heavy (non-hydrogen) atoms. The Morgan fingerprint density at radius 3 is 2.21 bits per heavy atom. The van der Waals surface area contributed by atoms with Gasteiger partial charge in [0.05, 0.1) is 0 Å². The van der Waals surface area contributed by atoms with Crippen LogP contribution in [-0.2, 0) is 11.3 Å². The van der Waals surface area contributed by atoms with E-state index in [0.717, 1.165) is 18.7 Å². The fraction of sp³-hybridized carbons (Fsp3) is 0.316. The van der Waals surface area contributed by atoms with Crippen LogP contribution in [0.25, 0.3) is 0 Å². The zero-order valence-corrected chi connectivity index (χ0v) is 15.0. The first-order valence-electron chi connectivity index (χ1n) is 7.89. The van der Waals surface area contributed by atoms with E-state index in [0.29, 0.717) is 0 Å². The standard InChI is InChI=1S/C19H25N3O.ClH/c1-15(13-22(2)14-16-9-5-3-6-10-16)21-19(23)18(20)17-11-7-4-8-12-17;/h3-12,15,18H,13-14,20H2,1-2H3,(H,21,23);1H. The number of amides is 1. The molecule has 0 heterocycles. The van der Waals surface area contributed by atoms with Gasteiger partial charge in [-0.3, -0.25) is 4.79 Å². The molecule has 0 aliphatic rings. The number of nitrogens with zero attached hydrogens (tertiary/aromatic N) is 1. The van der Waals surface area contributed by atoms with Crippen LogP contribution in [0.3, 0.4) is 0 Å². The average Bonchev–Trinajstić information content (AvgIpc) is 2.55. The average molecular weight is 348 g/mol. The topological polar surface area (TPSA) is 58.4 Å². The Hall–Kier alpha value is -1.88. The molecule has 0 saturated carbocycles. The summed E-state index contributed by atoms with van der Waals surface area (Å²) in [6.45, 7) is 3.62. The molecule has 5 heteroatoms. The highest BCUT2D eigenvalue weighted by atomic mass is 35.5. The monoisotopic (exact) mass is 347 g/mol. The Bertz CT molecular complexity index is 607. The van der Waals surface area contributed by atoms with Gasteiger partial charge >= 0.3 is 0 Å². The van der Waals surface area contributed by atoms with Gasteiger partial charge in [0, 0.05) is 19.1 Å². The van der Waals surface area contributed by atoms with Crippen LogP contribution in [0.2, 0.25) is 0 Å². The summed E-state index contributed by atoms with van der Waals surface area (Å²) in [5, 5.41) is 2.99. The maximum Gasteiger partial charge on any atom is 0.241 e. The minimum Gasteiger partial charge on any atom is -0.351 e. The summed E-state index contributed by atoms with van der Waals surface area (Å²) >= 11 is 0. The van der Waals surface area contributed by atoms with E-state index < -0.39 is 6.04 Å². The van der Waals surface area contributed by atoms with Crippen molar-refractivity contribution in [2.45, 2.75) is 25.6 Å². The van der Waals surface area contributed by atoms with E-state index in [4.69, 9.17) is 5.73 Å². The number of carbonyl (C=O) groups excluding carboxylic acids is 1. The van der Waals surface area contributed by atoms with E-state index in [-0.39, 0.29) is 24.4 Å². The molecule has 0 bridgehead atoms. The summed E-state index contributed by atoms with van der Waals surface area (Å²) in [4.78, 5) is 14.4. The Kier molecular flexibility index (Phi) is 8.47. The predicted molar refractivity (Wildman–Crippen MR) is 101 cm³/mol. The molecule has 2 atom stereocenters. The van der Waals surface area contributed by atoms with E-state index >= 15 is 0 Å². The van der Waals surface area contributed by atoms with E-state index in [1.54, 1.807) is 0 Å². The van der Waals surface area contributed by atoms with Crippen molar-refractivity contribution in [1.29, 1.82) is 0 Å². The summed E-state index contributed by atoms with van der Waals surface area (Å²) in [6.07, 6.45) is 0. The minimum absolute atomic E-state index is 0. The van der Waals surface area contributed by atoms with Crippen LogP contribution >= 0.6 is 12.4 Å². The number of carbonyl (C=O) groups is 1. The summed E-state index contributed by atoms with van der Waals surface area (Å²) in [5.74, 6) is -0.142. The molecule has 0 aliphatic heterocycles. The largest absolute Gasteiger partial charge is 0.351 e. The molecule has 0 aromatic heterocycles. The Labute approximate surface area is 150 Å². The number of nitrogens with two attached hydrogens (primary N) is 1. The third-order valence-electron chi connectivity index (χ3n) is 3.71. The van der Waals surface area contributed by atoms with E-state index in [1.165, 1.54) is 5.56 Å². The Morgan fingerprint density at radius 1 is 1.08 bits per heavy atom. The minimum atomic E-state index is -0.627. The number of benzene rings is 2. The zero-order chi connectivity index (χ0) is 16.7. The first-order valence-corrected chi connectivity index (χ1v) is 7.89. The van der Waals surface area contributed by atoms with Gasteiger partial charge in [0.1, 0.15) is 6.04 Å². The summed E-state index contributed by atoms with van der Waals surface area (Å²) in [7, 11) is 2.05. The van der Waals surface area contributed by atoms with Crippen molar-refractivity contribution in [3.63, 3.8) is 0 Å². The van der Waals surface area contributed by atoms with Gasteiger partial charge in [-0.2, -0.15) is 0 Å². The molecule has 0 saturated heterocycles. The molecule has 0 fully saturated rings. The lowest BCUT2D eigenvalue weighted by Gasteiger charge is -2.23. The van der Waals surface area contributed by atoms with Crippen LogP contribution in [0, 0.1) is 0 Å². The maximum atomic E-state index is 12.2. The van der Waals surface area contributed by atoms with Gasteiger partial charge in [-0.25, -0.2) is 0 Å². The summed E-state index contributed by atoms with van der Waals surface area (Å²) < 4.78 is 0. The number of hydrogen-bond donors (Lipinski definition) is 2. The number of halogens is 1. The van der Waals surface area contributed by atoms with Crippen molar-refractivity contribution in [2.24, 2.45) is 5.73 Å². The molecule has 0 aliphatic carbocycles. The smallest absolute Gasteiger partial charge is 0.241 e. The molecule has 0 radical (unpaired) electrons. The van der Waals surface area contributed by atoms with E-state index in [2.05, 4.69) is 22.3 Å². The van der Waals surface area contributed by atoms with Crippen LogP contribution in [0.15, 0.2) is 60.7 Å². The van der Waals surface area contributed by atoms with Crippen molar-refractivity contribution in [1.82, 2.24) is 10.2 Å². The molecular formula is C19H26ClN3O. The fourth-order valence-corrected chi connectivity index (χ4v) is 2.62. The van der Waals surface area contributed by atoms with Gasteiger partial charge in [0.2, 0.25) is 5.91 Å². The third kappa shape index (κ3) is 6.32. The van der Waals surface area contributed by atoms with Crippen LogP contribution in [0.1, 0.15) is 24.1 Å². The number of hydrogen-bond acceptors (Lipinski definition) is 3. The molecule has 0 spiro atoms. The molecule has 1 amide bonds. The highest BCUT2D eigenvalue weighted by Gasteiger charge is 2.18. The second-order valence-electron chi connectivity index (χ2n) is 5.98. The molecule has 130 valence electrons. The predicted octanol–water partition coefficient (Wildman–Crippen LogP) is 2.74. The van der Waals surface area contributed by atoms with Gasteiger partial charge in [0.25, 0.3) is 0 Å². The van der Waals surface area contributed by atoms with Crippen LogP contribution < -0.4 is 11.1 Å². The van der Waals surface area contributed by atoms with Crippen molar-refractivity contribution in [3.05, 3.63) is 71.8 Å². The highest BCUT2D eigenvalue weighted by Crippen LogP contribution is 2.10. The molecule has 2 rings (SSSR count). The number of likely N-dealkylation sites (N-methyl/N-ethyl adjacent to an activating group) is 1. The normalized spacial score (nSPS) is 13.0. The van der Waals surface area contributed by atoms with E-state index in [1.807, 2.05) is 62.5 Å². The molecule has 2 aromatic carbocycles. The fourth-order valence-electron chi connectivity index (χ4n) is 2.62. The summed E-state index contributed by atoms with van der Waals surface area (Å²) in [5.41, 5.74) is 8.10. The van der Waals surface area contributed by atoms with Gasteiger partial charge in [-0.05, 0) is 25.1 Å². The first kappa shape index (κ1) is 20.2. The van der Waals surface area contributed by atoms with E-state index in [9.17, 15) is 4.79 Å². The van der Waals surface area contributed by atoms with Crippen molar-refractivity contribution < 1.29 is 4.79 Å². The van der Waals surface area contributed by atoms with Crippen molar-refractivity contribution in [3.8, 4) is 0 Å². The molecular weight excluding hydrogens is 322 g/mol. The Balaban J connectivity index is 0.00000288. The van der Waals surface area contributed by atoms with Crippen LogP contribution in [0.4, 0.5) is 0 Å². The third-order valence-corrected chi connectivity index (χ3v) is 3.71. The second-order valence-corrected chi connectivity index (χ2v) is 5.98. The van der Waals surface area contributed by atoms with Gasteiger partial charge in [-0.15, -0.1) is 12.4 Å². The van der Waals surface area contributed by atoms with Gasteiger partial charge in [0.15, 0.2) is 0 Å². The van der Waals surface area contributed by atoms with Crippen molar-refractivity contribution in [2.75, 3.05) is 13.6 Å². The quantitative estimate of drug-likeness (QED) is 0.809. The number of nitrogens with one attached hydrogen (secondary N) is 1. The lowest BCUT2D eigenvalue weighted by Crippen LogP contribution is -2.44. The Morgan fingerprint density at radius 2 is 1.62 bits per heavy atom. The van der Waals surface area contributed by atoms with Crippen molar-refractivity contribution >= 4 is 18.3 Å². The molecule has 4 nitrogen and oxygen atoms in total. The lowest BCUT2D eigenvalue weighted by atomic mass is 10.1. The van der Waals surface area contributed by atoms with Gasteiger partial charge in [-0.1, -0.05) is 60.7 Å². The van der Waals surface area contributed by atoms with Crippen LogP contribution in [-0.4, -0.2) is 30.4 Å². The first-order chi connectivity index (χ1) is 11.1. The molecule has 3 N–H and O–H groups in total. The highest BCUT2D eigenvalue weighted by molar-refractivity contribution is 5.85. The SMILES string of the molecule is CC(CN(C)Cc1ccccc1)NC(=O)C(N)c1ccccc1.Cl. The van der Waals surface area contributed by atoms with Crippen LogP contribution in [0.5, 0.6) is 0 Å². The van der Waals surface area contributed by atoms with Gasteiger partial charge < -0.3 is 16.0 Å².